The van der Waals surface area contributed by atoms with Gasteiger partial charge in [0.25, 0.3) is 5.91 Å². The first-order valence-electron chi connectivity index (χ1n) is 8.31. The van der Waals surface area contributed by atoms with Gasteiger partial charge in [-0.25, -0.2) is 4.98 Å². The Morgan fingerprint density at radius 3 is 2.75 bits per heavy atom. The molecule has 126 valence electrons. The van der Waals surface area contributed by atoms with Gasteiger partial charge in [-0.05, 0) is 42.0 Å². The predicted molar refractivity (Wildman–Crippen MR) is 93.9 cm³/mol. The summed E-state index contributed by atoms with van der Waals surface area (Å²) in [7, 11) is 1.80. The van der Waals surface area contributed by atoms with Gasteiger partial charge in [-0.2, -0.15) is 0 Å². The number of aliphatic hydroxyl groups is 1. The standard InChI is InChI=1S/C19H23N3O2/c1-20-18-11-17(6-8-21-18)19(24)22-9-7-16(12-22)10-14-2-4-15(13-23)5-3-14/h2-6,8,11,16,23H,7,9-10,12-13H2,1H3,(H,20,21). The molecule has 1 aliphatic rings. The average molecular weight is 325 g/mol. The predicted octanol–water partition coefficient (Wildman–Crippen LogP) is 2.32. The summed E-state index contributed by atoms with van der Waals surface area (Å²) in [5.74, 6) is 1.27. The number of nitrogens with zero attached hydrogens (tertiary/aromatic N) is 2. The molecule has 1 amide bonds. The summed E-state index contributed by atoms with van der Waals surface area (Å²) in [6.45, 7) is 1.67. The number of likely N-dealkylation sites (tertiary alicyclic amines) is 1. The van der Waals surface area contributed by atoms with E-state index in [4.69, 9.17) is 5.11 Å². The number of amides is 1. The Balaban J connectivity index is 1.60. The highest BCUT2D eigenvalue weighted by Crippen LogP contribution is 2.23. The van der Waals surface area contributed by atoms with E-state index in [1.54, 1.807) is 25.4 Å². The van der Waals surface area contributed by atoms with Crippen LogP contribution in [-0.4, -0.2) is 41.0 Å². The Hall–Kier alpha value is -2.40. The summed E-state index contributed by atoms with van der Waals surface area (Å²) >= 11 is 0. The zero-order valence-electron chi connectivity index (χ0n) is 13.9. The monoisotopic (exact) mass is 325 g/mol. The Kier molecular flexibility index (Phi) is 5.11. The maximum absolute atomic E-state index is 12.6. The van der Waals surface area contributed by atoms with Crippen LogP contribution in [0.4, 0.5) is 5.82 Å². The molecule has 2 N–H and O–H groups in total. The number of nitrogens with one attached hydrogen (secondary N) is 1. The fourth-order valence-corrected chi connectivity index (χ4v) is 3.18. The second-order valence-corrected chi connectivity index (χ2v) is 6.26. The number of anilines is 1. The fraction of sp³-hybridized carbons (Fsp3) is 0.368. The van der Waals surface area contributed by atoms with Gasteiger partial charge in [0.05, 0.1) is 6.61 Å². The lowest BCUT2D eigenvalue weighted by molar-refractivity contribution is 0.0787. The summed E-state index contributed by atoms with van der Waals surface area (Å²) in [6.07, 6.45) is 3.65. The van der Waals surface area contributed by atoms with E-state index < -0.39 is 0 Å². The minimum Gasteiger partial charge on any atom is -0.392 e. The Labute approximate surface area is 142 Å². The molecule has 24 heavy (non-hydrogen) atoms. The van der Waals surface area contributed by atoms with Crippen LogP contribution < -0.4 is 5.32 Å². The van der Waals surface area contributed by atoms with Gasteiger partial charge in [-0.15, -0.1) is 0 Å². The van der Waals surface area contributed by atoms with Crippen molar-refractivity contribution < 1.29 is 9.90 Å². The van der Waals surface area contributed by atoms with Crippen LogP contribution in [0.5, 0.6) is 0 Å². The third kappa shape index (κ3) is 3.74. The molecule has 0 aliphatic carbocycles. The van der Waals surface area contributed by atoms with Crippen LogP contribution in [-0.2, 0) is 13.0 Å². The lowest BCUT2D eigenvalue weighted by atomic mass is 9.98. The van der Waals surface area contributed by atoms with E-state index in [0.717, 1.165) is 31.5 Å². The molecule has 1 atom stereocenters. The van der Waals surface area contributed by atoms with Crippen molar-refractivity contribution in [3.8, 4) is 0 Å². The number of aromatic nitrogens is 1. The number of pyridine rings is 1. The lowest BCUT2D eigenvalue weighted by Gasteiger charge is -2.17. The normalized spacial score (nSPS) is 17.1. The van der Waals surface area contributed by atoms with Crippen molar-refractivity contribution in [3.63, 3.8) is 0 Å². The van der Waals surface area contributed by atoms with Gasteiger partial charge in [0, 0.05) is 31.9 Å². The number of carbonyl (C=O) groups is 1. The maximum atomic E-state index is 12.6. The fourth-order valence-electron chi connectivity index (χ4n) is 3.18. The van der Waals surface area contributed by atoms with Gasteiger partial charge in [-0.3, -0.25) is 4.79 Å². The molecule has 0 bridgehead atoms. The van der Waals surface area contributed by atoms with Gasteiger partial charge in [0.15, 0.2) is 0 Å². The van der Waals surface area contributed by atoms with E-state index in [9.17, 15) is 4.79 Å². The van der Waals surface area contributed by atoms with Crippen LogP contribution in [0.25, 0.3) is 0 Å². The third-order valence-corrected chi connectivity index (χ3v) is 4.57. The molecule has 1 aromatic heterocycles. The van der Waals surface area contributed by atoms with Crippen molar-refractivity contribution in [2.24, 2.45) is 5.92 Å². The lowest BCUT2D eigenvalue weighted by Crippen LogP contribution is -2.29. The van der Waals surface area contributed by atoms with Gasteiger partial charge >= 0.3 is 0 Å². The third-order valence-electron chi connectivity index (χ3n) is 4.57. The molecule has 3 rings (SSSR count). The van der Waals surface area contributed by atoms with Crippen molar-refractivity contribution in [1.29, 1.82) is 0 Å². The number of hydrogen-bond donors (Lipinski definition) is 2. The number of carbonyl (C=O) groups excluding carboxylic acids is 1. The van der Waals surface area contributed by atoms with Crippen LogP contribution in [0.1, 0.15) is 27.9 Å². The first kappa shape index (κ1) is 16.5. The average Bonchev–Trinajstić information content (AvgIpc) is 3.10. The molecular formula is C19H23N3O2. The first-order valence-corrected chi connectivity index (χ1v) is 8.31. The highest BCUT2D eigenvalue weighted by molar-refractivity contribution is 5.95. The summed E-state index contributed by atoms with van der Waals surface area (Å²) in [4.78, 5) is 18.7. The molecule has 2 heterocycles. The van der Waals surface area contributed by atoms with Crippen LogP contribution >= 0.6 is 0 Å². The highest BCUT2D eigenvalue weighted by Gasteiger charge is 2.27. The zero-order chi connectivity index (χ0) is 16.9. The zero-order valence-corrected chi connectivity index (χ0v) is 13.9. The molecule has 5 nitrogen and oxygen atoms in total. The van der Waals surface area contributed by atoms with Gasteiger partial charge in [-0.1, -0.05) is 24.3 Å². The molecule has 5 heteroatoms. The molecule has 0 saturated carbocycles. The second kappa shape index (κ2) is 7.45. The van der Waals surface area contributed by atoms with E-state index in [0.29, 0.717) is 17.3 Å². The van der Waals surface area contributed by atoms with Crippen LogP contribution in [0.2, 0.25) is 0 Å². The van der Waals surface area contributed by atoms with Crippen molar-refractivity contribution >= 4 is 11.7 Å². The largest absolute Gasteiger partial charge is 0.392 e. The SMILES string of the molecule is CNc1cc(C(=O)N2CCC(Cc3ccc(CO)cc3)C2)ccn1. The molecule has 1 saturated heterocycles. The quantitative estimate of drug-likeness (QED) is 0.885. The molecule has 1 fully saturated rings. The second-order valence-electron chi connectivity index (χ2n) is 6.26. The number of hydrogen-bond acceptors (Lipinski definition) is 4. The van der Waals surface area contributed by atoms with Gasteiger partial charge < -0.3 is 15.3 Å². The maximum Gasteiger partial charge on any atom is 0.254 e. The molecular weight excluding hydrogens is 302 g/mol. The van der Waals surface area contributed by atoms with Crippen molar-refractivity contribution in [2.45, 2.75) is 19.4 Å². The summed E-state index contributed by atoms with van der Waals surface area (Å²) in [6, 6.07) is 11.6. The smallest absolute Gasteiger partial charge is 0.254 e. The van der Waals surface area contributed by atoms with Gasteiger partial charge in [0.1, 0.15) is 5.82 Å². The number of rotatable bonds is 5. The first-order chi connectivity index (χ1) is 11.7. The Morgan fingerprint density at radius 2 is 2.04 bits per heavy atom. The Morgan fingerprint density at radius 1 is 1.29 bits per heavy atom. The van der Waals surface area contributed by atoms with Crippen LogP contribution in [0, 0.1) is 5.92 Å². The molecule has 1 unspecified atom stereocenters. The van der Waals surface area contributed by atoms with Gasteiger partial charge in [0.2, 0.25) is 0 Å². The minimum atomic E-state index is 0.0759. The van der Waals surface area contributed by atoms with Crippen LogP contribution in [0.15, 0.2) is 42.6 Å². The van der Waals surface area contributed by atoms with Crippen molar-refractivity contribution in [1.82, 2.24) is 9.88 Å². The minimum absolute atomic E-state index is 0.0759. The topological polar surface area (TPSA) is 65.5 Å². The van der Waals surface area contributed by atoms with E-state index >= 15 is 0 Å². The van der Waals surface area contributed by atoms with Crippen LogP contribution in [0.3, 0.4) is 0 Å². The van der Waals surface area contributed by atoms with Crippen molar-refractivity contribution in [3.05, 3.63) is 59.3 Å². The summed E-state index contributed by atoms with van der Waals surface area (Å²) in [5.41, 5.74) is 2.87. The molecule has 2 aromatic rings. The van der Waals surface area contributed by atoms with E-state index in [1.807, 2.05) is 17.0 Å². The molecule has 1 aliphatic heterocycles. The Bertz CT molecular complexity index is 700. The van der Waals surface area contributed by atoms with E-state index in [1.165, 1.54) is 5.56 Å². The number of benzene rings is 1. The van der Waals surface area contributed by atoms with E-state index in [-0.39, 0.29) is 12.5 Å². The number of aliphatic hydroxyl groups excluding tert-OH is 1. The van der Waals surface area contributed by atoms with Crippen molar-refractivity contribution in [2.75, 3.05) is 25.5 Å². The summed E-state index contributed by atoms with van der Waals surface area (Å²) in [5, 5.41) is 12.1. The molecule has 0 radical (unpaired) electrons. The molecule has 0 spiro atoms. The van der Waals surface area contributed by atoms with E-state index in [2.05, 4.69) is 22.4 Å². The molecule has 1 aromatic carbocycles. The highest BCUT2D eigenvalue weighted by atomic mass is 16.3. The summed E-state index contributed by atoms with van der Waals surface area (Å²) < 4.78 is 0.